The minimum Gasteiger partial charge on any atom is -0.366 e. The van der Waals surface area contributed by atoms with Crippen LogP contribution in [0.1, 0.15) is 6.42 Å². The zero-order valence-corrected chi connectivity index (χ0v) is 14.9. The maximum absolute atomic E-state index is 13.0. The molecule has 1 fully saturated rings. The quantitative estimate of drug-likeness (QED) is 0.692. The highest BCUT2D eigenvalue weighted by molar-refractivity contribution is 5.91. The first-order valence-electron chi connectivity index (χ1n) is 9.01. The van der Waals surface area contributed by atoms with E-state index in [1.54, 1.807) is 29.3 Å². The number of fused-ring (bicyclic) bond motifs is 3. The molecule has 3 N–H and O–H groups in total. The van der Waals surface area contributed by atoms with Crippen LogP contribution in [0.5, 0.6) is 0 Å². The van der Waals surface area contributed by atoms with Crippen molar-refractivity contribution in [3.63, 3.8) is 0 Å². The van der Waals surface area contributed by atoms with Crippen LogP contribution in [0.15, 0.2) is 60.7 Å². The van der Waals surface area contributed by atoms with Crippen molar-refractivity contribution in [2.75, 3.05) is 25.0 Å². The number of hydrogen-bond acceptors (Lipinski definition) is 5. The van der Waals surface area contributed by atoms with Crippen LogP contribution in [0.25, 0.3) is 0 Å². The summed E-state index contributed by atoms with van der Waals surface area (Å²) in [7, 11) is 0. The summed E-state index contributed by atoms with van der Waals surface area (Å²) in [4.78, 5) is 33.5. The zero-order chi connectivity index (χ0) is 18.8. The fourth-order valence-electron chi connectivity index (χ4n) is 3.65. The standard InChI is InChI=1S/C19H22N6O2/c1-2-9-21-18(26)14-6-7-15-17(22-14)25(13-8-11-24(15)12-13)19(27)23-16-5-3-4-10-20-16/h2-7,10,13-14,22H,1,8-9,11-12H2,(H,21,26)(H,20,23,27)/t13-,14?/m0/s1. The van der Waals surface area contributed by atoms with E-state index >= 15 is 0 Å². The van der Waals surface area contributed by atoms with Gasteiger partial charge in [-0.2, -0.15) is 0 Å². The number of aromatic nitrogens is 1. The Bertz CT molecular complexity index is 819. The summed E-state index contributed by atoms with van der Waals surface area (Å²) in [6, 6.07) is 4.64. The van der Waals surface area contributed by atoms with Crippen LogP contribution in [0, 0.1) is 0 Å². The highest BCUT2D eigenvalue weighted by Crippen LogP contribution is 2.33. The van der Waals surface area contributed by atoms with Gasteiger partial charge in [-0.1, -0.05) is 18.2 Å². The maximum atomic E-state index is 13.0. The molecular weight excluding hydrogens is 344 g/mol. The molecule has 27 heavy (non-hydrogen) atoms. The van der Waals surface area contributed by atoms with E-state index in [1.807, 2.05) is 18.2 Å². The smallest absolute Gasteiger partial charge is 0.328 e. The topological polar surface area (TPSA) is 89.6 Å². The summed E-state index contributed by atoms with van der Waals surface area (Å²) >= 11 is 0. The van der Waals surface area contributed by atoms with Crippen molar-refractivity contribution in [1.82, 2.24) is 25.4 Å². The second-order valence-electron chi connectivity index (χ2n) is 6.65. The van der Waals surface area contributed by atoms with Crippen molar-refractivity contribution in [3.05, 3.63) is 60.7 Å². The van der Waals surface area contributed by atoms with E-state index in [0.717, 1.165) is 25.2 Å². The highest BCUT2D eigenvalue weighted by Gasteiger charge is 2.42. The van der Waals surface area contributed by atoms with Crippen LogP contribution in [0.2, 0.25) is 0 Å². The molecule has 4 heterocycles. The lowest BCUT2D eigenvalue weighted by atomic mass is 10.1. The van der Waals surface area contributed by atoms with Gasteiger partial charge in [0.2, 0.25) is 5.91 Å². The number of amides is 3. The number of anilines is 1. The van der Waals surface area contributed by atoms with Crippen molar-refractivity contribution < 1.29 is 9.59 Å². The van der Waals surface area contributed by atoms with E-state index in [-0.39, 0.29) is 18.0 Å². The lowest BCUT2D eigenvalue weighted by Gasteiger charge is -2.40. The Morgan fingerprint density at radius 2 is 2.30 bits per heavy atom. The molecule has 3 aliphatic rings. The molecule has 3 amide bonds. The molecule has 0 radical (unpaired) electrons. The monoisotopic (exact) mass is 366 g/mol. The van der Waals surface area contributed by atoms with Gasteiger partial charge in [0.1, 0.15) is 17.7 Å². The largest absolute Gasteiger partial charge is 0.366 e. The lowest BCUT2D eigenvalue weighted by molar-refractivity contribution is -0.121. The number of urea groups is 1. The van der Waals surface area contributed by atoms with Gasteiger partial charge in [-0.05, 0) is 24.6 Å². The Morgan fingerprint density at radius 1 is 1.41 bits per heavy atom. The average molecular weight is 366 g/mol. The molecule has 8 heteroatoms. The van der Waals surface area contributed by atoms with Crippen LogP contribution in [-0.4, -0.2) is 58.4 Å². The Balaban J connectivity index is 1.57. The molecule has 140 valence electrons. The first kappa shape index (κ1) is 17.1. The molecule has 2 atom stereocenters. The summed E-state index contributed by atoms with van der Waals surface area (Å²) in [5.74, 6) is 1.01. The number of carbonyl (C=O) groups is 2. The maximum Gasteiger partial charge on any atom is 0.328 e. The van der Waals surface area contributed by atoms with Gasteiger partial charge < -0.3 is 15.5 Å². The van der Waals surface area contributed by atoms with Crippen LogP contribution >= 0.6 is 0 Å². The van der Waals surface area contributed by atoms with Gasteiger partial charge in [-0.25, -0.2) is 9.78 Å². The average Bonchev–Trinajstić information content (AvgIpc) is 3.11. The zero-order valence-electron chi connectivity index (χ0n) is 14.9. The van der Waals surface area contributed by atoms with E-state index in [2.05, 4.69) is 32.4 Å². The molecule has 0 saturated carbocycles. The minimum atomic E-state index is -0.535. The fraction of sp³-hybridized carbons (Fsp3) is 0.316. The number of hydrogen-bond donors (Lipinski definition) is 3. The molecule has 2 bridgehead atoms. The van der Waals surface area contributed by atoms with E-state index in [1.165, 1.54) is 0 Å². The van der Waals surface area contributed by atoms with Crippen molar-refractivity contribution >= 4 is 17.8 Å². The van der Waals surface area contributed by atoms with Crippen LogP contribution in [-0.2, 0) is 4.79 Å². The Labute approximate surface area is 157 Å². The third-order valence-corrected chi connectivity index (χ3v) is 4.91. The Morgan fingerprint density at radius 3 is 3.07 bits per heavy atom. The summed E-state index contributed by atoms with van der Waals surface area (Å²) < 4.78 is 0. The van der Waals surface area contributed by atoms with Crippen LogP contribution in [0.4, 0.5) is 10.6 Å². The van der Waals surface area contributed by atoms with E-state index in [0.29, 0.717) is 18.2 Å². The normalized spacial score (nSPS) is 22.8. The second kappa shape index (κ2) is 7.14. The molecule has 1 unspecified atom stereocenters. The SMILES string of the molecule is C=CCNC(=O)C1C=CC2=C(N1)N(C(=O)Nc1ccccn1)[C@H]1CCN2C1. The molecule has 4 rings (SSSR count). The molecular formula is C19H22N6O2. The Kier molecular flexibility index (Phi) is 4.53. The van der Waals surface area contributed by atoms with Gasteiger partial charge in [0.05, 0.1) is 11.7 Å². The number of nitrogens with zero attached hydrogens (tertiary/aromatic N) is 3. The van der Waals surface area contributed by atoms with Crippen molar-refractivity contribution in [2.45, 2.75) is 18.5 Å². The summed E-state index contributed by atoms with van der Waals surface area (Å²) in [5.41, 5.74) is 0.938. The van der Waals surface area contributed by atoms with Gasteiger partial charge in [-0.15, -0.1) is 6.58 Å². The first-order chi connectivity index (χ1) is 13.2. The third-order valence-electron chi connectivity index (χ3n) is 4.91. The number of allylic oxidation sites excluding steroid dienone is 1. The van der Waals surface area contributed by atoms with E-state index < -0.39 is 6.04 Å². The number of nitrogens with one attached hydrogen (secondary N) is 3. The van der Waals surface area contributed by atoms with E-state index in [4.69, 9.17) is 0 Å². The van der Waals surface area contributed by atoms with Gasteiger partial charge in [0.25, 0.3) is 0 Å². The number of rotatable bonds is 4. The predicted octanol–water partition coefficient (Wildman–Crippen LogP) is 1.00. The molecule has 1 aromatic heterocycles. The van der Waals surface area contributed by atoms with Crippen molar-refractivity contribution in [2.24, 2.45) is 0 Å². The van der Waals surface area contributed by atoms with Gasteiger partial charge in [0, 0.05) is 25.8 Å². The van der Waals surface area contributed by atoms with Gasteiger partial charge in [0.15, 0.2) is 0 Å². The van der Waals surface area contributed by atoms with Crippen molar-refractivity contribution in [1.29, 1.82) is 0 Å². The van der Waals surface area contributed by atoms with Crippen molar-refractivity contribution in [3.8, 4) is 0 Å². The molecule has 3 aliphatic heterocycles. The van der Waals surface area contributed by atoms with Crippen LogP contribution in [0.3, 0.4) is 0 Å². The molecule has 0 spiro atoms. The molecule has 0 aliphatic carbocycles. The molecule has 1 aromatic rings. The summed E-state index contributed by atoms with van der Waals surface area (Å²) in [6.07, 6.45) is 7.90. The minimum absolute atomic E-state index is 0.0587. The Hall–Kier alpha value is -3.29. The molecule has 0 aromatic carbocycles. The van der Waals surface area contributed by atoms with Crippen LogP contribution < -0.4 is 16.0 Å². The number of pyridine rings is 1. The van der Waals surface area contributed by atoms with Gasteiger partial charge >= 0.3 is 6.03 Å². The third kappa shape index (κ3) is 3.25. The summed E-state index contributed by atoms with van der Waals surface area (Å²) in [5, 5.41) is 8.87. The van der Waals surface area contributed by atoms with Gasteiger partial charge in [-0.3, -0.25) is 15.0 Å². The summed E-state index contributed by atoms with van der Waals surface area (Å²) in [6.45, 7) is 5.68. The van der Waals surface area contributed by atoms with E-state index in [9.17, 15) is 9.59 Å². The lowest BCUT2D eigenvalue weighted by Crippen LogP contribution is -2.56. The molecule has 8 nitrogen and oxygen atoms in total. The second-order valence-corrected chi connectivity index (χ2v) is 6.65. The predicted molar refractivity (Wildman–Crippen MR) is 101 cm³/mol. The fourth-order valence-corrected chi connectivity index (χ4v) is 3.65. The number of dihydropyridines is 1. The number of carbonyl (C=O) groups excluding carboxylic acids is 2. The highest BCUT2D eigenvalue weighted by atomic mass is 16.2. The molecule has 1 saturated heterocycles. The first-order valence-corrected chi connectivity index (χ1v) is 9.01.